The maximum absolute atomic E-state index is 13.8. The molecule has 0 saturated heterocycles. The summed E-state index contributed by atoms with van der Waals surface area (Å²) in [6.07, 6.45) is 0. The van der Waals surface area contributed by atoms with Gasteiger partial charge in [-0.3, -0.25) is 4.79 Å². The normalized spacial score (nSPS) is 13.4. The quantitative estimate of drug-likeness (QED) is 0.696. The number of rotatable bonds is 5. The molecule has 1 atom stereocenters. The Labute approximate surface area is 121 Å². The number of anilines is 1. The molecule has 9 heteroatoms. The number of carbonyl (C=O) groups is 1. The van der Waals surface area contributed by atoms with Crippen LogP contribution in [0.2, 0.25) is 5.02 Å². The zero-order valence-electron chi connectivity index (χ0n) is 10.9. The van der Waals surface area contributed by atoms with Crippen LogP contribution in [-0.4, -0.2) is 20.4 Å². The molecule has 0 spiro atoms. The van der Waals surface area contributed by atoms with Gasteiger partial charge in [-0.05, 0) is 18.1 Å². The van der Waals surface area contributed by atoms with Crippen LogP contribution in [0.1, 0.15) is 13.8 Å². The molecule has 0 radical (unpaired) electrons. The zero-order valence-corrected chi connectivity index (χ0v) is 12.4. The first kappa shape index (κ1) is 16.7. The summed E-state index contributed by atoms with van der Waals surface area (Å²) < 4.78 is 40.1. The van der Waals surface area contributed by atoms with Gasteiger partial charge in [0, 0.05) is 5.69 Å². The number of nitrogens with two attached hydrogens (primary N) is 2. The van der Waals surface area contributed by atoms with Crippen LogP contribution in [0.3, 0.4) is 0 Å². The van der Waals surface area contributed by atoms with Crippen molar-refractivity contribution in [2.75, 3.05) is 5.73 Å². The highest BCUT2D eigenvalue weighted by atomic mass is 35.5. The highest BCUT2D eigenvalue weighted by Gasteiger charge is 2.29. The van der Waals surface area contributed by atoms with Crippen LogP contribution in [0, 0.1) is 11.7 Å². The lowest BCUT2D eigenvalue weighted by atomic mass is 10.1. The van der Waals surface area contributed by atoms with E-state index in [-0.39, 0.29) is 5.69 Å². The largest absolute Gasteiger partial charge is 0.399 e. The summed E-state index contributed by atoms with van der Waals surface area (Å²) in [6, 6.07) is 0.839. The third kappa shape index (κ3) is 3.59. The fraction of sp³-hybridized carbons (Fsp3) is 0.364. The Kier molecular flexibility index (Phi) is 4.95. The van der Waals surface area contributed by atoms with Crippen molar-refractivity contribution in [3.8, 4) is 0 Å². The Morgan fingerprint density at radius 2 is 1.95 bits per heavy atom. The van der Waals surface area contributed by atoms with Crippen LogP contribution in [-0.2, 0) is 14.8 Å². The molecule has 0 aliphatic heterocycles. The van der Waals surface area contributed by atoms with Gasteiger partial charge in [-0.2, -0.15) is 4.72 Å². The predicted octanol–water partition coefficient (Wildman–Crippen LogP) is 0.850. The first-order chi connectivity index (χ1) is 9.06. The van der Waals surface area contributed by atoms with Gasteiger partial charge in [0.1, 0.15) is 10.9 Å². The highest BCUT2D eigenvalue weighted by Crippen LogP contribution is 2.26. The number of nitrogen functional groups attached to an aromatic ring is 1. The van der Waals surface area contributed by atoms with Gasteiger partial charge in [-0.15, -0.1) is 0 Å². The number of hydrogen-bond donors (Lipinski definition) is 3. The second kappa shape index (κ2) is 5.94. The Morgan fingerprint density at radius 3 is 2.40 bits per heavy atom. The van der Waals surface area contributed by atoms with E-state index in [1.807, 2.05) is 4.72 Å². The van der Waals surface area contributed by atoms with Crippen molar-refractivity contribution in [2.24, 2.45) is 11.7 Å². The average Bonchev–Trinajstić information content (AvgIpc) is 2.30. The molecule has 1 aromatic rings. The van der Waals surface area contributed by atoms with Crippen LogP contribution in [0.25, 0.3) is 0 Å². The second-order valence-electron chi connectivity index (χ2n) is 4.56. The van der Waals surface area contributed by atoms with Gasteiger partial charge in [0.2, 0.25) is 15.9 Å². The molecule has 1 aromatic carbocycles. The van der Waals surface area contributed by atoms with E-state index in [0.717, 1.165) is 12.1 Å². The standard InChI is InChI=1S/C11H15ClFN3O3S/c1-5(2)10(11(15)17)16-20(18,19)8-4-6(14)3-7(12)9(8)13/h3-5,10,16H,14H2,1-2H3,(H2,15,17). The number of sulfonamides is 1. The Balaban J connectivity index is 3.27. The molecule has 112 valence electrons. The van der Waals surface area contributed by atoms with Gasteiger partial charge in [-0.25, -0.2) is 12.8 Å². The van der Waals surface area contributed by atoms with E-state index in [1.165, 1.54) is 0 Å². The van der Waals surface area contributed by atoms with Crippen molar-refractivity contribution >= 4 is 33.2 Å². The first-order valence-corrected chi connectivity index (χ1v) is 7.48. The van der Waals surface area contributed by atoms with Gasteiger partial charge < -0.3 is 11.5 Å². The van der Waals surface area contributed by atoms with Crippen LogP contribution < -0.4 is 16.2 Å². The Morgan fingerprint density at radius 1 is 1.40 bits per heavy atom. The molecule has 0 saturated carbocycles. The van der Waals surface area contributed by atoms with Crippen molar-refractivity contribution in [3.63, 3.8) is 0 Å². The van der Waals surface area contributed by atoms with Gasteiger partial charge in [-0.1, -0.05) is 25.4 Å². The van der Waals surface area contributed by atoms with Crippen molar-refractivity contribution < 1.29 is 17.6 Å². The summed E-state index contributed by atoms with van der Waals surface area (Å²) in [5, 5.41) is -0.425. The molecule has 1 amide bonds. The van der Waals surface area contributed by atoms with E-state index in [0.29, 0.717) is 0 Å². The minimum atomic E-state index is -4.32. The molecule has 0 aliphatic carbocycles. The lowest BCUT2D eigenvalue weighted by Crippen LogP contribution is -2.47. The van der Waals surface area contributed by atoms with E-state index in [2.05, 4.69) is 0 Å². The summed E-state index contributed by atoms with van der Waals surface area (Å²) in [7, 11) is -4.32. The zero-order chi connectivity index (χ0) is 15.7. The number of primary amides is 1. The third-order valence-electron chi connectivity index (χ3n) is 2.56. The molecule has 0 fully saturated rings. The van der Waals surface area contributed by atoms with E-state index in [9.17, 15) is 17.6 Å². The highest BCUT2D eigenvalue weighted by molar-refractivity contribution is 7.89. The summed E-state index contributed by atoms with van der Waals surface area (Å²) in [5.74, 6) is -2.40. The first-order valence-electron chi connectivity index (χ1n) is 5.62. The van der Waals surface area contributed by atoms with Crippen molar-refractivity contribution in [3.05, 3.63) is 23.0 Å². The van der Waals surface area contributed by atoms with E-state index in [1.54, 1.807) is 13.8 Å². The van der Waals surface area contributed by atoms with Gasteiger partial charge in [0.05, 0.1) is 5.02 Å². The van der Waals surface area contributed by atoms with Crippen LogP contribution in [0.4, 0.5) is 10.1 Å². The molecule has 0 bridgehead atoms. The molecule has 0 aliphatic rings. The molecule has 0 heterocycles. The van der Waals surface area contributed by atoms with Crippen LogP contribution in [0.5, 0.6) is 0 Å². The summed E-state index contributed by atoms with van der Waals surface area (Å²) >= 11 is 5.55. The molecule has 5 N–H and O–H groups in total. The summed E-state index contributed by atoms with van der Waals surface area (Å²) in [4.78, 5) is 10.5. The second-order valence-corrected chi connectivity index (χ2v) is 6.65. The molecule has 6 nitrogen and oxygen atoms in total. The fourth-order valence-electron chi connectivity index (χ4n) is 1.53. The molecule has 1 unspecified atom stereocenters. The minimum Gasteiger partial charge on any atom is -0.399 e. The van der Waals surface area contributed by atoms with E-state index >= 15 is 0 Å². The number of benzene rings is 1. The van der Waals surface area contributed by atoms with E-state index < -0.39 is 43.6 Å². The van der Waals surface area contributed by atoms with Crippen molar-refractivity contribution in [1.29, 1.82) is 0 Å². The minimum absolute atomic E-state index is 0.0167. The number of amides is 1. The Hall–Kier alpha value is -1.38. The number of carbonyl (C=O) groups excluding carboxylic acids is 1. The van der Waals surface area contributed by atoms with Gasteiger partial charge in [0.25, 0.3) is 0 Å². The van der Waals surface area contributed by atoms with Crippen molar-refractivity contribution in [1.82, 2.24) is 4.72 Å². The average molecular weight is 324 g/mol. The summed E-state index contributed by atoms with van der Waals surface area (Å²) in [5.41, 5.74) is 10.5. The molecule has 0 aromatic heterocycles. The lowest BCUT2D eigenvalue weighted by Gasteiger charge is -2.19. The maximum atomic E-state index is 13.8. The van der Waals surface area contributed by atoms with Crippen molar-refractivity contribution in [2.45, 2.75) is 24.8 Å². The SMILES string of the molecule is CC(C)C(NS(=O)(=O)c1cc(N)cc(Cl)c1F)C(N)=O. The smallest absolute Gasteiger partial charge is 0.244 e. The lowest BCUT2D eigenvalue weighted by molar-refractivity contribution is -0.120. The number of halogens is 2. The fourth-order valence-corrected chi connectivity index (χ4v) is 3.30. The Bertz CT molecular complexity index is 634. The third-order valence-corrected chi connectivity index (χ3v) is 4.28. The van der Waals surface area contributed by atoms with Gasteiger partial charge >= 0.3 is 0 Å². The topological polar surface area (TPSA) is 115 Å². The monoisotopic (exact) mass is 323 g/mol. The number of nitrogens with one attached hydrogen (secondary N) is 1. The molecular formula is C11H15ClFN3O3S. The molecule has 1 rings (SSSR count). The van der Waals surface area contributed by atoms with Crippen LogP contribution >= 0.6 is 11.6 Å². The molecular weight excluding hydrogens is 309 g/mol. The summed E-state index contributed by atoms with van der Waals surface area (Å²) in [6.45, 7) is 3.20. The maximum Gasteiger partial charge on any atom is 0.244 e. The van der Waals surface area contributed by atoms with Gasteiger partial charge in [0.15, 0.2) is 5.82 Å². The predicted molar refractivity (Wildman–Crippen MR) is 74.0 cm³/mol. The van der Waals surface area contributed by atoms with Crippen LogP contribution in [0.15, 0.2) is 17.0 Å². The number of hydrogen-bond acceptors (Lipinski definition) is 4. The molecule has 20 heavy (non-hydrogen) atoms. The van der Waals surface area contributed by atoms with E-state index in [4.69, 9.17) is 23.1 Å².